The van der Waals surface area contributed by atoms with Crippen LogP contribution in [0.3, 0.4) is 0 Å². The van der Waals surface area contributed by atoms with E-state index in [2.05, 4.69) is 0 Å². The first kappa shape index (κ1) is 34.3. The SMILES string of the molecule is C.O=C(c1cccc(S(=O)(=O)[O-])c1)c1cc(Cl)ccc1Cl.O=C(c1ccccc1)c1cc(Cl)ccc1Cl.[Na+]. The quantitative estimate of drug-likeness (QED) is 0.178. The average molecular weight is 620 g/mol. The maximum absolute atomic E-state index is 12.3. The zero-order valence-corrected chi connectivity index (χ0v) is 25.0. The van der Waals surface area contributed by atoms with Crippen molar-refractivity contribution in [1.29, 1.82) is 0 Å². The molecular formula is C27H19Cl4NaO5S. The Morgan fingerprint density at radius 3 is 1.53 bits per heavy atom. The minimum Gasteiger partial charge on any atom is -0.744 e. The van der Waals surface area contributed by atoms with Gasteiger partial charge >= 0.3 is 29.6 Å². The number of carbonyl (C=O) groups excluding carboxylic acids is 2. The van der Waals surface area contributed by atoms with Crippen LogP contribution in [-0.2, 0) is 10.1 Å². The molecule has 0 amide bonds. The molecule has 0 aliphatic carbocycles. The molecule has 0 aliphatic rings. The van der Waals surface area contributed by atoms with Crippen molar-refractivity contribution in [3.8, 4) is 0 Å². The van der Waals surface area contributed by atoms with Gasteiger partial charge in [0.25, 0.3) is 0 Å². The molecule has 192 valence electrons. The summed E-state index contributed by atoms with van der Waals surface area (Å²) < 4.78 is 32.9. The maximum atomic E-state index is 12.3. The van der Waals surface area contributed by atoms with Crippen molar-refractivity contribution < 1.29 is 52.1 Å². The van der Waals surface area contributed by atoms with E-state index in [1.807, 2.05) is 18.2 Å². The molecule has 11 heteroatoms. The topological polar surface area (TPSA) is 91.3 Å². The van der Waals surface area contributed by atoms with Gasteiger partial charge in [0, 0.05) is 32.3 Å². The van der Waals surface area contributed by atoms with E-state index in [0.29, 0.717) is 26.2 Å². The number of ketones is 2. The standard InChI is InChI=1S/C13H8Cl2O4S.C13H8Cl2O.CH4.Na/c14-9-4-5-12(15)11(7-9)13(16)8-2-1-3-10(6-8)20(17,18)19;14-10-6-7-12(15)11(8-10)13(16)9-4-2-1-3-5-9;;/h1-7H,(H,17,18,19);1-8H;1H4;/q;;;+1/p-1. The van der Waals surface area contributed by atoms with Crippen molar-refractivity contribution in [1.82, 2.24) is 0 Å². The van der Waals surface area contributed by atoms with Gasteiger partial charge in [0.2, 0.25) is 0 Å². The van der Waals surface area contributed by atoms with Gasteiger partial charge in [-0.2, -0.15) is 0 Å². The zero-order chi connectivity index (χ0) is 26.5. The van der Waals surface area contributed by atoms with E-state index in [1.165, 1.54) is 30.3 Å². The van der Waals surface area contributed by atoms with E-state index in [9.17, 15) is 22.6 Å². The second kappa shape index (κ2) is 15.2. The molecule has 4 aromatic rings. The van der Waals surface area contributed by atoms with Crippen LogP contribution in [0, 0.1) is 0 Å². The van der Waals surface area contributed by atoms with Gasteiger partial charge in [0.15, 0.2) is 11.6 Å². The molecule has 4 aromatic carbocycles. The molecule has 0 bridgehead atoms. The molecule has 5 nitrogen and oxygen atoms in total. The largest absolute Gasteiger partial charge is 1.00 e. The van der Waals surface area contributed by atoms with Crippen LogP contribution in [0.25, 0.3) is 0 Å². The summed E-state index contributed by atoms with van der Waals surface area (Å²) in [7, 11) is -4.62. The molecule has 0 aromatic heterocycles. The van der Waals surface area contributed by atoms with Crippen LogP contribution in [-0.4, -0.2) is 24.5 Å². The minimum atomic E-state index is -4.62. The van der Waals surface area contributed by atoms with Crippen LogP contribution >= 0.6 is 46.4 Å². The van der Waals surface area contributed by atoms with E-state index in [4.69, 9.17) is 46.4 Å². The summed E-state index contributed by atoms with van der Waals surface area (Å²) >= 11 is 23.5. The first-order valence-electron chi connectivity index (χ1n) is 10.1. The van der Waals surface area contributed by atoms with Gasteiger partial charge < -0.3 is 4.55 Å². The molecule has 0 radical (unpaired) electrons. The first-order chi connectivity index (χ1) is 17.0. The monoisotopic (exact) mass is 618 g/mol. The second-order valence-electron chi connectivity index (χ2n) is 7.25. The molecule has 0 saturated heterocycles. The number of benzene rings is 4. The van der Waals surface area contributed by atoms with E-state index in [1.54, 1.807) is 30.3 Å². The van der Waals surface area contributed by atoms with Gasteiger partial charge in [0.05, 0.1) is 14.9 Å². The molecule has 0 aliphatic heterocycles. The van der Waals surface area contributed by atoms with Gasteiger partial charge in [-0.1, -0.05) is 96.3 Å². The Balaban J connectivity index is 0.000000368. The van der Waals surface area contributed by atoms with E-state index in [0.717, 1.165) is 12.1 Å². The van der Waals surface area contributed by atoms with Crippen molar-refractivity contribution in [3.63, 3.8) is 0 Å². The van der Waals surface area contributed by atoms with Crippen molar-refractivity contribution in [2.24, 2.45) is 0 Å². The van der Waals surface area contributed by atoms with Gasteiger partial charge in [-0.15, -0.1) is 0 Å². The van der Waals surface area contributed by atoms with E-state index < -0.39 is 20.8 Å². The third-order valence-corrected chi connectivity index (χ3v) is 6.73. The zero-order valence-electron chi connectivity index (χ0n) is 19.1. The number of halogens is 4. The van der Waals surface area contributed by atoms with Crippen LogP contribution in [0.4, 0.5) is 0 Å². The summed E-state index contributed by atoms with van der Waals surface area (Å²) in [6.45, 7) is 0. The summed E-state index contributed by atoms with van der Waals surface area (Å²) in [6.07, 6.45) is 0. The van der Waals surface area contributed by atoms with Gasteiger partial charge in [0.1, 0.15) is 10.1 Å². The Bertz CT molecular complexity index is 1540. The molecule has 4 rings (SSSR count). The number of carbonyl (C=O) groups is 2. The van der Waals surface area contributed by atoms with Gasteiger partial charge in [-0.3, -0.25) is 9.59 Å². The maximum Gasteiger partial charge on any atom is 1.00 e. The number of hydrogen-bond donors (Lipinski definition) is 0. The summed E-state index contributed by atoms with van der Waals surface area (Å²) in [5.74, 6) is -0.629. The van der Waals surface area contributed by atoms with Crippen molar-refractivity contribution in [2.75, 3.05) is 0 Å². The van der Waals surface area contributed by atoms with Crippen molar-refractivity contribution in [2.45, 2.75) is 12.3 Å². The molecule has 0 atom stereocenters. The minimum absolute atomic E-state index is 0. The molecule has 38 heavy (non-hydrogen) atoms. The molecule has 0 unspecified atom stereocenters. The third kappa shape index (κ3) is 9.19. The van der Waals surface area contributed by atoms with Crippen LogP contribution in [0.15, 0.2) is 95.9 Å². The molecule has 0 heterocycles. The molecule has 0 spiro atoms. The number of hydrogen-bond acceptors (Lipinski definition) is 5. The summed E-state index contributed by atoms with van der Waals surface area (Å²) in [5.41, 5.74) is 1.22. The van der Waals surface area contributed by atoms with E-state index >= 15 is 0 Å². The average Bonchev–Trinajstić information content (AvgIpc) is 2.86. The Hall–Kier alpha value is -1.71. The summed E-state index contributed by atoms with van der Waals surface area (Å²) in [5, 5.41) is 1.43. The smallest absolute Gasteiger partial charge is 0.744 e. The van der Waals surface area contributed by atoms with Crippen LogP contribution < -0.4 is 29.6 Å². The van der Waals surface area contributed by atoms with E-state index in [-0.39, 0.29) is 58.9 Å². The fourth-order valence-electron chi connectivity index (χ4n) is 3.04. The fourth-order valence-corrected chi connectivity index (χ4v) is 4.30. The molecular weight excluding hydrogens is 601 g/mol. The fraction of sp³-hybridized carbons (Fsp3) is 0.0370. The van der Waals surface area contributed by atoms with Gasteiger partial charge in [-0.25, -0.2) is 8.42 Å². The van der Waals surface area contributed by atoms with Crippen LogP contribution in [0.1, 0.15) is 39.3 Å². The molecule has 0 N–H and O–H groups in total. The molecule has 0 fully saturated rings. The van der Waals surface area contributed by atoms with Gasteiger partial charge in [-0.05, 0) is 48.5 Å². The Morgan fingerprint density at radius 1 is 0.605 bits per heavy atom. The summed E-state index contributed by atoms with van der Waals surface area (Å²) in [6, 6.07) is 23.1. The van der Waals surface area contributed by atoms with Crippen molar-refractivity contribution >= 4 is 68.1 Å². The third-order valence-electron chi connectivity index (χ3n) is 4.77. The first-order valence-corrected chi connectivity index (χ1v) is 13.0. The Labute approximate surface area is 263 Å². The van der Waals surface area contributed by atoms with Crippen molar-refractivity contribution in [3.05, 3.63) is 133 Å². The number of rotatable bonds is 5. The predicted octanol–water partition coefficient (Wildman–Crippen LogP) is 4.99. The predicted molar refractivity (Wildman–Crippen MR) is 147 cm³/mol. The van der Waals surface area contributed by atoms with Crippen LogP contribution in [0.5, 0.6) is 0 Å². The Kier molecular flexibility index (Phi) is 13.7. The Morgan fingerprint density at radius 2 is 1.05 bits per heavy atom. The second-order valence-corrected chi connectivity index (χ2v) is 10.3. The normalized spacial score (nSPS) is 10.2. The molecule has 0 saturated carbocycles. The van der Waals surface area contributed by atoms with Crippen LogP contribution in [0.2, 0.25) is 20.1 Å². The summed E-state index contributed by atoms with van der Waals surface area (Å²) in [4.78, 5) is 23.9.